The lowest BCUT2D eigenvalue weighted by Gasteiger charge is -2.28. The van der Waals surface area contributed by atoms with Crippen molar-refractivity contribution in [3.05, 3.63) is 35.6 Å². The first kappa shape index (κ1) is 11.1. The number of hydrogen-bond donors (Lipinski definition) is 1. The molecule has 1 aromatic carbocycles. The highest BCUT2D eigenvalue weighted by Crippen LogP contribution is 2.28. The number of halogens is 1. The Morgan fingerprint density at radius 3 is 2.50 bits per heavy atom. The van der Waals surface area contributed by atoms with Gasteiger partial charge in [0.05, 0.1) is 19.1 Å². The van der Waals surface area contributed by atoms with Gasteiger partial charge in [-0.1, -0.05) is 12.1 Å². The smallest absolute Gasteiger partial charge is 0.310 e. The summed E-state index contributed by atoms with van der Waals surface area (Å²) in [7, 11) is 0. The topological polar surface area (TPSA) is 46.5 Å². The van der Waals surface area contributed by atoms with Crippen LogP contribution in [0.1, 0.15) is 17.9 Å². The molecule has 3 nitrogen and oxygen atoms in total. The van der Waals surface area contributed by atoms with E-state index in [2.05, 4.69) is 0 Å². The average Bonchev–Trinajstić information content (AvgIpc) is 2.18. The maximum absolute atomic E-state index is 12.7. The van der Waals surface area contributed by atoms with Crippen molar-refractivity contribution in [2.75, 3.05) is 13.2 Å². The minimum Gasteiger partial charge on any atom is -0.481 e. The summed E-state index contributed by atoms with van der Waals surface area (Å²) in [4.78, 5) is 11.1. The Morgan fingerprint density at radius 1 is 1.44 bits per heavy atom. The molecule has 1 aliphatic heterocycles. The minimum absolute atomic E-state index is 0.311. The van der Waals surface area contributed by atoms with E-state index in [1.165, 1.54) is 24.3 Å². The first-order valence-corrected chi connectivity index (χ1v) is 5.23. The molecule has 4 heteroatoms. The molecule has 1 atom stereocenters. The van der Waals surface area contributed by atoms with Gasteiger partial charge in [-0.05, 0) is 24.1 Å². The molecule has 1 heterocycles. The number of hydrogen-bond acceptors (Lipinski definition) is 2. The molecule has 2 rings (SSSR count). The number of ether oxygens (including phenoxy) is 1. The lowest BCUT2D eigenvalue weighted by atomic mass is 9.88. The van der Waals surface area contributed by atoms with E-state index >= 15 is 0 Å². The third kappa shape index (κ3) is 2.39. The van der Waals surface area contributed by atoms with Crippen molar-refractivity contribution >= 4 is 5.97 Å². The summed E-state index contributed by atoms with van der Waals surface area (Å²) in [5, 5.41) is 9.13. The highest BCUT2D eigenvalue weighted by atomic mass is 19.1. The first-order valence-electron chi connectivity index (χ1n) is 5.23. The molecule has 0 saturated carbocycles. The molecule has 0 spiro atoms. The van der Waals surface area contributed by atoms with Crippen LogP contribution in [-0.4, -0.2) is 24.3 Å². The third-order valence-corrected chi connectivity index (χ3v) is 2.85. The van der Waals surface area contributed by atoms with E-state index in [-0.39, 0.29) is 5.82 Å². The van der Waals surface area contributed by atoms with Gasteiger partial charge in [-0.15, -0.1) is 0 Å². The zero-order valence-corrected chi connectivity index (χ0v) is 8.73. The van der Waals surface area contributed by atoms with Crippen molar-refractivity contribution < 1.29 is 19.0 Å². The Hall–Kier alpha value is -1.42. The summed E-state index contributed by atoms with van der Waals surface area (Å²) in [6, 6.07) is 5.66. The molecule has 0 radical (unpaired) electrons. The highest BCUT2D eigenvalue weighted by Gasteiger charge is 2.28. The van der Waals surface area contributed by atoms with Gasteiger partial charge in [0, 0.05) is 5.92 Å². The normalized spacial score (nSPS) is 17.8. The second-order valence-electron chi connectivity index (χ2n) is 4.08. The van der Waals surface area contributed by atoms with E-state index in [0.29, 0.717) is 31.1 Å². The van der Waals surface area contributed by atoms with Crippen molar-refractivity contribution in [3.8, 4) is 0 Å². The van der Waals surface area contributed by atoms with E-state index in [1.807, 2.05) is 0 Å². The molecule has 0 amide bonds. The van der Waals surface area contributed by atoms with Crippen LogP contribution >= 0.6 is 0 Å². The molecule has 1 aromatic rings. The molecule has 86 valence electrons. The minimum atomic E-state index is -0.862. The van der Waals surface area contributed by atoms with Gasteiger partial charge >= 0.3 is 5.97 Å². The van der Waals surface area contributed by atoms with Crippen LogP contribution < -0.4 is 0 Å². The molecule has 1 fully saturated rings. The third-order valence-electron chi connectivity index (χ3n) is 2.85. The van der Waals surface area contributed by atoms with E-state index in [1.54, 1.807) is 0 Å². The Balaban J connectivity index is 2.11. The van der Waals surface area contributed by atoms with E-state index in [4.69, 9.17) is 9.84 Å². The summed E-state index contributed by atoms with van der Waals surface area (Å²) in [5.74, 6) is -1.46. The van der Waals surface area contributed by atoms with Gasteiger partial charge in [-0.3, -0.25) is 4.79 Å². The molecule has 16 heavy (non-hydrogen) atoms. The molecule has 1 N–H and O–H groups in total. The number of rotatable bonds is 4. The lowest BCUT2D eigenvalue weighted by molar-refractivity contribution is -0.140. The van der Waals surface area contributed by atoms with Crippen molar-refractivity contribution in [2.45, 2.75) is 12.3 Å². The fourth-order valence-corrected chi connectivity index (χ4v) is 1.83. The summed E-state index contributed by atoms with van der Waals surface area (Å²) < 4.78 is 17.7. The molecule has 0 aliphatic carbocycles. The SMILES string of the molecule is O=C(O)C(CC1COC1)c1ccc(F)cc1. The average molecular weight is 224 g/mol. The van der Waals surface area contributed by atoms with Gasteiger partial charge in [0.1, 0.15) is 5.82 Å². The van der Waals surface area contributed by atoms with Crippen molar-refractivity contribution in [1.29, 1.82) is 0 Å². The Morgan fingerprint density at radius 2 is 2.06 bits per heavy atom. The van der Waals surface area contributed by atoms with E-state index in [0.717, 1.165) is 0 Å². The molecule has 1 aliphatic rings. The van der Waals surface area contributed by atoms with Gasteiger partial charge in [-0.25, -0.2) is 4.39 Å². The van der Waals surface area contributed by atoms with Gasteiger partial charge in [0.15, 0.2) is 0 Å². The second-order valence-corrected chi connectivity index (χ2v) is 4.08. The fourth-order valence-electron chi connectivity index (χ4n) is 1.83. The van der Waals surface area contributed by atoms with Gasteiger partial charge in [-0.2, -0.15) is 0 Å². The summed E-state index contributed by atoms with van der Waals surface area (Å²) in [6.07, 6.45) is 0.557. The molecule has 1 unspecified atom stereocenters. The molecular formula is C12H13FO3. The van der Waals surface area contributed by atoms with Crippen molar-refractivity contribution in [2.24, 2.45) is 5.92 Å². The Bertz CT molecular complexity index is 370. The van der Waals surface area contributed by atoms with Crippen LogP contribution in [0.25, 0.3) is 0 Å². The molecular weight excluding hydrogens is 211 g/mol. The second kappa shape index (κ2) is 4.61. The van der Waals surface area contributed by atoms with Crippen LogP contribution in [0.3, 0.4) is 0 Å². The van der Waals surface area contributed by atoms with E-state index < -0.39 is 11.9 Å². The van der Waals surface area contributed by atoms with Crippen LogP contribution in [-0.2, 0) is 9.53 Å². The quantitative estimate of drug-likeness (QED) is 0.851. The molecule has 1 saturated heterocycles. The predicted molar refractivity (Wildman–Crippen MR) is 55.7 cm³/mol. The van der Waals surface area contributed by atoms with Crippen LogP contribution in [0.4, 0.5) is 4.39 Å². The Kier molecular flexibility index (Phi) is 3.19. The zero-order valence-electron chi connectivity index (χ0n) is 8.73. The largest absolute Gasteiger partial charge is 0.481 e. The van der Waals surface area contributed by atoms with Crippen LogP contribution in [0, 0.1) is 11.7 Å². The Labute approximate surface area is 92.9 Å². The monoisotopic (exact) mass is 224 g/mol. The van der Waals surface area contributed by atoms with Crippen LogP contribution in [0.2, 0.25) is 0 Å². The van der Waals surface area contributed by atoms with Crippen LogP contribution in [0.15, 0.2) is 24.3 Å². The number of carboxylic acids is 1. The van der Waals surface area contributed by atoms with Crippen molar-refractivity contribution in [1.82, 2.24) is 0 Å². The van der Waals surface area contributed by atoms with E-state index in [9.17, 15) is 9.18 Å². The van der Waals surface area contributed by atoms with Gasteiger partial charge < -0.3 is 9.84 Å². The standard InChI is InChI=1S/C12H13FO3/c13-10-3-1-9(2-4-10)11(12(14)15)5-8-6-16-7-8/h1-4,8,11H,5-7H2,(H,14,15). The van der Waals surface area contributed by atoms with Crippen LogP contribution in [0.5, 0.6) is 0 Å². The fraction of sp³-hybridized carbons (Fsp3) is 0.417. The summed E-state index contributed by atoms with van der Waals surface area (Å²) in [6.45, 7) is 1.26. The predicted octanol–water partition coefficient (Wildman–Crippen LogP) is 2.03. The number of carboxylic acid groups (broad SMARTS) is 1. The maximum atomic E-state index is 12.7. The number of benzene rings is 1. The lowest BCUT2D eigenvalue weighted by Crippen LogP contribution is -2.30. The highest BCUT2D eigenvalue weighted by molar-refractivity contribution is 5.76. The first-order chi connectivity index (χ1) is 7.66. The number of aliphatic carboxylic acids is 1. The molecule has 0 aromatic heterocycles. The zero-order chi connectivity index (χ0) is 11.5. The van der Waals surface area contributed by atoms with Gasteiger partial charge in [0.2, 0.25) is 0 Å². The maximum Gasteiger partial charge on any atom is 0.310 e. The summed E-state index contributed by atoms with van der Waals surface area (Å²) in [5.41, 5.74) is 0.654. The summed E-state index contributed by atoms with van der Waals surface area (Å²) >= 11 is 0. The number of carbonyl (C=O) groups is 1. The van der Waals surface area contributed by atoms with Gasteiger partial charge in [0.25, 0.3) is 0 Å². The van der Waals surface area contributed by atoms with Crippen molar-refractivity contribution in [3.63, 3.8) is 0 Å². The molecule has 0 bridgehead atoms.